The number of furan rings is 1. The van der Waals surface area contributed by atoms with Crippen LogP contribution in [-0.2, 0) is 6.42 Å². The van der Waals surface area contributed by atoms with Crippen LogP contribution >= 0.6 is 0 Å². The van der Waals surface area contributed by atoms with E-state index in [2.05, 4.69) is 20.7 Å². The van der Waals surface area contributed by atoms with Crippen molar-refractivity contribution in [3.8, 4) is 5.88 Å². The highest BCUT2D eigenvalue weighted by Crippen LogP contribution is 2.14. The van der Waals surface area contributed by atoms with Crippen LogP contribution in [0.15, 0.2) is 22.8 Å². The fourth-order valence-electron chi connectivity index (χ4n) is 2.16. The van der Waals surface area contributed by atoms with Crippen molar-refractivity contribution in [2.45, 2.75) is 19.3 Å². The predicted octanol–water partition coefficient (Wildman–Crippen LogP) is 0.797. The summed E-state index contributed by atoms with van der Waals surface area (Å²) in [6.45, 7) is 2.18. The van der Waals surface area contributed by atoms with Crippen molar-refractivity contribution >= 4 is 0 Å². The maximum atomic E-state index is 5.21. The standard InChI is InChI=1S/C11H15N5O/c1-3-9(8-12-5-1)7-10-13-15-16(14-10)11-4-2-6-17-11/h2,4,6,9,12H,1,3,5,7-8H2. The number of nitrogens with one attached hydrogen (secondary N) is 1. The van der Waals surface area contributed by atoms with Gasteiger partial charge in [0.05, 0.1) is 6.26 Å². The van der Waals surface area contributed by atoms with E-state index in [1.807, 2.05) is 12.1 Å². The van der Waals surface area contributed by atoms with Gasteiger partial charge >= 0.3 is 0 Å². The molecule has 1 aliphatic rings. The van der Waals surface area contributed by atoms with Gasteiger partial charge in [-0.3, -0.25) is 0 Å². The van der Waals surface area contributed by atoms with E-state index in [-0.39, 0.29) is 0 Å². The lowest BCUT2D eigenvalue weighted by atomic mass is 9.96. The van der Waals surface area contributed by atoms with E-state index in [9.17, 15) is 0 Å². The Morgan fingerprint density at radius 3 is 3.29 bits per heavy atom. The van der Waals surface area contributed by atoms with E-state index in [0.29, 0.717) is 11.8 Å². The maximum absolute atomic E-state index is 5.21. The first-order valence-corrected chi connectivity index (χ1v) is 5.95. The molecule has 6 nitrogen and oxygen atoms in total. The minimum atomic E-state index is 0.602. The minimum Gasteiger partial charge on any atom is -0.445 e. The van der Waals surface area contributed by atoms with E-state index in [4.69, 9.17) is 4.42 Å². The Labute approximate surface area is 99.0 Å². The highest BCUT2D eigenvalue weighted by atomic mass is 16.3. The summed E-state index contributed by atoms with van der Waals surface area (Å²) in [4.78, 5) is 1.44. The molecule has 90 valence electrons. The van der Waals surface area contributed by atoms with Gasteiger partial charge < -0.3 is 9.73 Å². The third kappa shape index (κ3) is 2.36. The smallest absolute Gasteiger partial charge is 0.239 e. The minimum absolute atomic E-state index is 0.602. The van der Waals surface area contributed by atoms with Crippen molar-refractivity contribution in [2.24, 2.45) is 5.92 Å². The number of rotatable bonds is 3. The van der Waals surface area contributed by atoms with E-state index in [1.165, 1.54) is 17.6 Å². The van der Waals surface area contributed by atoms with Crippen molar-refractivity contribution in [3.63, 3.8) is 0 Å². The van der Waals surface area contributed by atoms with Gasteiger partial charge in [-0.2, -0.15) is 0 Å². The summed E-state index contributed by atoms with van der Waals surface area (Å²) in [5, 5.41) is 15.8. The third-order valence-electron chi connectivity index (χ3n) is 3.03. The van der Waals surface area contributed by atoms with Gasteiger partial charge in [0, 0.05) is 12.5 Å². The third-order valence-corrected chi connectivity index (χ3v) is 3.03. The number of hydrogen-bond acceptors (Lipinski definition) is 5. The highest BCUT2D eigenvalue weighted by molar-refractivity contribution is 5.12. The number of aromatic nitrogens is 4. The summed E-state index contributed by atoms with van der Waals surface area (Å²) >= 11 is 0. The normalized spacial score (nSPS) is 20.6. The Balaban J connectivity index is 1.68. The van der Waals surface area contributed by atoms with Crippen molar-refractivity contribution < 1.29 is 4.42 Å². The molecular formula is C11H15N5O. The van der Waals surface area contributed by atoms with Crippen LogP contribution in [0.1, 0.15) is 18.7 Å². The van der Waals surface area contributed by atoms with E-state index < -0.39 is 0 Å². The lowest BCUT2D eigenvalue weighted by Crippen LogP contribution is -2.31. The number of hydrogen-bond donors (Lipinski definition) is 1. The van der Waals surface area contributed by atoms with Crippen molar-refractivity contribution in [1.82, 2.24) is 25.5 Å². The molecule has 0 aromatic carbocycles. The molecule has 3 heterocycles. The molecule has 0 saturated carbocycles. The molecule has 6 heteroatoms. The lowest BCUT2D eigenvalue weighted by molar-refractivity contribution is 0.370. The predicted molar refractivity (Wildman–Crippen MR) is 60.7 cm³/mol. The molecular weight excluding hydrogens is 218 g/mol. The van der Waals surface area contributed by atoms with Crippen LogP contribution in [0, 0.1) is 5.92 Å². The molecule has 2 aromatic rings. The molecule has 0 radical (unpaired) electrons. The molecule has 1 unspecified atom stereocenters. The first kappa shape index (κ1) is 10.5. The van der Waals surface area contributed by atoms with Crippen LogP contribution in [0.4, 0.5) is 0 Å². The molecule has 3 rings (SSSR count). The van der Waals surface area contributed by atoms with Crippen LogP contribution in [0.25, 0.3) is 5.88 Å². The van der Waals surface area contributed by atoms with Gasteiger partial charge in [-0.15, -0.1) is 10.2 Å². The fraction of sp³-hybridized carbons (Fsp3) is 0.545. The lowest BCUT2D eigenvalue weighted by Gasteiger charge is -2.20. The Morgan fingerprint density at radius 2 is 2.53 bits per heavy atom. The van der Waals surface area contributed by atoms with Crippen LogP contribution in [0.2, 0.25) is 0 Å². The Bertz CT molecular complexity index is 458. The van der Waals surface area contributed by atoms with Gasteiger partial charge in [0.15, 0.2) is 5.82 Å². The molecule has 0 amide bonds. The average molecular weight is 233 g/mol. The first-order valence-electron chi connectivity index (χ1n) is 5.95. The fourth-order valence-corrected chi connectivity index (χ4v) is 2.16. The van der Waals surface area contributed by atoms with Crippen LogP contribution in [0.5, 0.6) is 0 Å². The van der Waals surface area contributed by atoms with Gasteiger partial charge in [-0.05, 0) is 43.1 Å². The number of piperidine rings is 1. The van der Waals surface area contributed by atoms with Gasteiger partial charge in [0.2, 0.25) is 5.88 Å². The second-order valence-corrected chi connectivity index (χ2v) is 4.36. The van der Waals surface area contributed by atoms with Crippen LogP contribution < -0.4 is 5.32 Å². The summed E-state index contributed by atoms with van der Waals surface area (Å²) in [5.74, 6) is 2.01. The number of tetrazole rings is 1. The van der Waals surface area contributed by atoms with E-state index in [0.717, 1.165) is 25.3 Å². The second kappa shape index (κ2) is 4.67. The molecule has 1 saturated heterocycles. The zero-order valence-corrected chi connectivity index (χ0v) is 9.54. The maximum Gasteiger partial charge on any atom is 0.239 e. The van der Waals surface area contributed by atoms with E-state index in [1.54, 1.807) is 6.26 Å². The molecule has 1 N–H and O–H groups in total. The largest absolute Gasteiger partial charge is 0.445 e. The quantitative estimate of drug-likeness (QED) is 0.849. The van der Waals surface area contributed by atoms with Crippen molar-refractivity contribution in [3.05, 3.63) is 24.2 Å². The highest BCUT2D eigenvalue weighted by Gasteiger charge is 2.16. The molecule has 0 spiro atoms. The molecule has 0 aliphatic carbocycles. The molecule has 0 bridgehead atoms. The van der Waals surface area contributed by atoms with E-state index >= 15 is 0 Å². The average Bonchev–Trinajstić information content (AvgIpc) is 3.00. The second-order valence-electron chi connectivity index (χ2n) is 4.36. The Morgan fingerprint density at radius 1 is 1.53 bits per heavy atom. The van der Waals surface area contributed by atoms with Gasteiger partial charge in [0.1, 0.15) is 0 Å². The first-order chi connectivity index (χ1) is 8.42. The molecule has 1 atom stereocenters. The van der Waals surface area contributed by atoms with Crippen LogP contribution in [-0.4, -0.2) is 33.3 Å². The number of nitrogens with zero attached hydrogens (tertiary/aromatic N) is 4. The van der Waals surface area contributed by atoms with Crippen LogP contribution in [0.3, 0.4) is 0 Å². The molecule has 2 aromatic heterocycles. The monoisotopic (exact) mass is 233 g/mol. The summed E-state index contributed by atoms with van der Waals surface area (Å²) in [5.41, 5.74) is 0. The molecule has 1 aliphatic heterocycles. The van der Waals surface area contributed by atoms with Crippen molar-refractivity contribution in [2.75, 3.05) is 13.1 Å². The Hall–Kier alpha value is -1.69. The Kier molecular flexibility index (Phi) is 2.87. The summed E-state index contributed by atoms with van der Waals surface area (Å²) in [6, 6.07) is 3.62. The zero-order chi connectivity index (χ0) is 11.5. The summed E-state index contributed by atoms with van der Waals surface area (Å²) in [6.07, 6.45) is 4.95. The van der Waals surface area contributed by atoms with Gasteiger partial charge in [-0.25, -0.2) is 0 Å². The summed E-state index contributed by atoms with van der Waals surface area (Å²) in [7, 11) is 0. The summed E-state index contributed by atoms with van der Waals surface area (Å²) < 4.78 is 5.21. The topological polar surface area (TPSA) is 68.8 Å². The molecule has 17 heavy (non-hydrogen) atoms. The SMILES string of the molecule is c1coc(-n2nnc(CC3CCCNC3)n2)c1. The zero-order valence-electron chi connectivity index (χ0n) is 9.54. The van der Waals surface area contributed by atoms with Gasteiger partial charge in [0.25, 0.3) is 0 Å². The van der Waals surface area contributed by atoms with Crippen molar-refractivity contribution in [1.29, 1.82) is 0 Å². The molecule has 1 fully saturated rings. The van der Waals surface area contributed by atoms with Gasteiger partial charge in [-0.1, -0.05) is 4.80 Å².